The minimum atomic E-state index is -1.09. The zero-order valence-corrected chi connectivity index (χ0v) is 19.0. The van der Waals surface area contributed by atoms with E-state index in [1.165, 1.54) is 6.07 Å². The Morgan fingerprint density at radius 1 is 1.22 bits per heavy atom. The summed E-state index contributed by atoms with van der Waals surface area (Å²) in [6, 6.07) is 10.0. The van der Waals surface area contributed by atoms with E-state index in [4.69, 9.17) is 9.72 Å². The van der Waals surface area contributed by atoms with Crippen LogP contribution in [0.2, 0.25) is 0 Å². The maximum absolute atomic E-state index is 14.6. The zero-order chi connectivity index (χ0) is 22.2. The normalized spacial score (nSPS) is 23.2. The van der Waals surface area contributed by atoms with Gasteiger partial charge in [0, 0.05) is 21.8 Å². The number of aliphatic imine (C=N–C) groups is 1. The van der Waals surface area contributed by atoms with Crippen molar-refractivity contribution in [2.24, 2.45) is 4.99 Å². The number of amidine groups is 1. The second kappa shape index (κ2) is 8.74. The van der Waals surface area contributed by atoms with Crippen LogP contribution in [0.25, 0.3) is 11.0 Å². The first-order chi connectivity index (χ1) is 15.5. The summed E-state index contributed by atoms with van der Waals surface area (Å²) < 4.78 is 35.4. The number of nitrogens with zero attached hydrogens (tertiary/aromatic N) is 4. The summed E-state index contributed by atoms with van der Waals surface area (Å²) in [5.74, 6) is 0.188. The molecule has 0 unspecified atom stereocenters. The number of pyridine rings is 2. The number of benzene rings is 1. The Labute approximate surface area is 196 Å². The van der Waals surface area contributed by atoms with Crippen LogP contribution >= 0.6 is 22.6 Å². The van der Waals surface area contributed by atoms with Gasteiger partial charge in [0.1, 0.15) is 36.0 Å². The summed E-state index contributed by atoms with van der Waals surface area (Å²) in [5.41, 5.74) is 2.29. The number of alkyl halides is 1. The maximum atomic E-state index is 14.6. The number of halogens is 3. The molecule has 5 rings (SSSR count). The van der Waals surface area contributed by atoms with Crippen molar-refractivity contribution in [2.45, 2.75) is 24.7 Å². The lowest BCUT2D eigenvalue weighted by molar-refractivity contribution is 0.0950. The fraction of sp³-hybridized carbons (Fsp3) is 0.318. The van der Waals surface area contributed by atoms with Crippen molar-refractivity contribution in [3.63, 3.8) is 0 Å². The summed E-state index contributed by atoms with van der Waals surface area (Å²) in [6.45, 7) is 0.534. The van der Waals surface area contributed by atoms with E-state index < -0.39 is 18.3 Å². The quantitative estimate of drug-likeness (QED) is 0.482. The van der Waals surface area contributed by atoms with Gasteiger partial charge in [0.2, 0.25) is 0 Å². The average molecular weight is 551 g/mol. The molecule has 0 amide bonds. The fourth-order valence-electron chi connectivity index (χ4n) is 4.03. The van der Waals surface area contributed by atoms with Gasteiger partial charge in [0.05, 0.1) is 30.3 Å². The molecule has 166 valence electrons. The Morgan fingerprint density at radius 3 is 2.91 bits per heavy atom. The first kappa shape index (κ1) is 21.3. The summed E-state index contributed by atoms with van der Waals surface area (Å²) >= 11 is 2.13. The molecule has 7 nitrogen and oxygen atoms in total. The molecule has 0 radical (unpaired) electrons. The lowest BCUT2D eigenvalue weighted by Gasteiger charge is -2.26. The van der Waals surface area contributed by atoms with Crippen molar-refractivity contribution in [2.75, 3.05) is 29.9 Å². The molecule has 2 N–H and O–H groups in total. The van der Waals surface area contributed by atoms with E-state index in [2.05, 4.69) is 37.9 Å². The van der Waals surface area contributed by atoms with Gasteiger partial charge in [-0.1, -0.05) is 0 Å². The molecular formula is C22H20F2IN5O2. The molecule has 0 bridgehead atoms. The number of anilines is 2. The van der Waals surface area contributed by atoms with Gasteiger partial charge in [-0.25, -0.2) is 18.8 Å². The van der Waals surface area contributed by atoms with E-state index in [9.17, 15) is 13.9 Å². The van der Waals surface area contributed by atoms with Crippen LogP contribution in [0.3, 0.4) is 0 Å². The van der Waals surface area contributed by atoms with Crippen molar-refractivity contribution < 1.29 is 18.6 Å². The topological polar surface area (TPSA) is 82.9 Å². The molecule has 0 spiro atoms. The average Bonchev–Trinajstić information content (AvgIpc) is 3.18. The second-order valence-corrected chi connectivity index (χ2v) is 9.04. The largest absolute Gasteiger partial charge is 0.462 e. The van der Waals surface area contributed by atoms with E-state index in [1.807, 2.05) is 6.07 Å². The number of rotatable bonds is 3. The molecule has 3 aromatic rings. The lowest BCUT2D eigenvalue weighted by Crippen LogP contribution is -2.31. The van der Waals surface area contributed by atoms with Crippen LogP contribution in [0.4, 0.5) is 20.3 Å². The van der Waals surface area contributed by atoms with E-state index in [0.717, 1.165) is 3.57 Å². The molecule has 0 saturated carbocycles. The highest BCUT2D eigenvalue weighted by atomic mass is 127. The Morgan fingerprint density at radius 2 is 2.09 bits per heavy atom. The molecule has 1 fully saturated rings. The Balaban J connectivity index is 1.51. The van der Waals surface area contributed by atoms with Gasteiger partial charge in [-0.2, -0.15) is 0 Å². The Hall–Kier alpha value is -2.60. The first-order valence-corrected chi connectivity index (χ1v) is 11.3. The minimum Gasteiger partial charge on any atom is -0.462 e. The van der Waals surface area contributed by atoms with E-state index >= 15 is 0 Å². The number of aliphatic hydroxyl groups excluding tert-OH is 1. The van der Waals surface area contributed by atoms with Crippen LogP contribution < -0.4 is 10.2 Å². The first-order valence-electron chi connectivity index (χ1n) is 10.2. The maximum Gasteiger partial charge on any atom is 0.289 e. The number of hydrogen-bond donors (Lipinski definition) is 2. The fourth-order valence-corrected chi connectivity index (χ4v) is 4.55. The van der Waals surface area contributed by atoms with Gasteiger partial charge in [-0.15, -0.1) is 0 Å². The molecule has 2 aliphatic rings. The van der Waals surface area contributed by atoms with Crippen molar-refractivity contribution in [3.05, 3.63) is 57.5 Å². The van der Waals surface area contributed by atoms with Crippen molar-refractivity contribution in [1.82, 2.24) is 9.97 Å². The van der Waals surface area contributed by atoms with Crippen LogP contribution in [-0.2, 0) is 4.74 Å². The molecule has 32 heavy (non-hydrogen) atoms. The third-order valence-corrected chi connectivity index (χ3v) is 6.20. The summed E-state index contributed by atoms with van der Waals surface area (Å²) in [4.78, 5) is 15.1. The van der Waals surface area contributed by atoms with Crippen molar-refractivity contribution >= 4 is 51.2 Å². The predicted molar refractivity (Wildman–Crippen MR) is 126 cm³/mol. The summed E-state index contributed by atoms with van der Waals surface area (Å²) in [7, 11) is 0. The number of fused-ring (bicyclic) bond motifs is 1. The van der Waals surface area contributed by atoms with Crippen LogP contribution in [0.5, 0.6) is 0 Å². The third-order valence-electron chi connectivity index (χ3n) is 5.53. The molecule has 2 aliphatic heterocycles. The van der Waals surface area contributed by atoms with Gasteiger partial charge in [-0.3, -0.25) is 4.98 Å². The molecule has 1 saturated heterocycles. The Bertz CT molecular complexity index is 1190. The molecule has 4 heterocycles. The smallest absolute Gasteiger partial charge is 0.289 e. The van der Waals surface area contributed by atoms with Crippen LogP contribution in [-0.4, -0.2) is 53.1 Å². The van der Waals surface area contributed by atoms with Crippen LogP contribution in [0.1, 0.15) is 18.0 Å². The van der Waals surface area contributed by atoms with Crippen molar-refractivity contribution in [3.8, 4) is 0 Å². The predicted octanol–water partition coefficient (Wildman–Crippen LogP) is 3.82. The summed E-state index contributed by atoms with van der Waals surface area (Å²) in [5, 5.41) is 12.6. The monoisotopic (exact) mass is 551 g/mol. The van der Waals surface area contributed by atoms with E-state index in [1.54, 1.807) is 35.4 Å². The standard InChI is InChI=1S/C22H20F2IN5O2/c23-12-7-19(15-8-13(25)1-2-16(15)24)30(10-12)20-4-3-17-21(29-20)18(5-6-26-17)28-22-27-9-14(31)11-32-22/h1-6,8,12,14,19,31H,7,9-11H2,(H,26,27,28)/t12-,14+,19+/m0/s1. The van der Waals surface area contributed by atoms with Gasteiger partial charge in [0.15, 0.2) is 0 Å². The molecule has 2 aromatic heterocycles. The SMILES string of the molecule is O[C@@H]1CN=C(Nc2ccnc3ccc(N4C[C@@H](F)C[C@@H]4c4cc(I)ccc4F)nc23)OC1. The number of aliphatic hydroxyl groups is 1. The Kier molecular flexibility index (Phi) is 5.80. The highest BCUT2D eigenvalue weighted by Gasteiger charge is 2.36. The highest BCUT2D eigenvalue weighted by Crippen LogP contribution is 2.39. The van der Waals surface area contributed by atoms with E-state index in [0.29, 0.717) is 34.1 Å². The molecule has 3 atom stereocenters. The number of hydrogen-bond acceptors (Lipinski definition) is 7. The van der Waals surface area contributed by atoms with E-state index in [-0.39, 0.29) is 31.9 Å². The molecule has 1 aromatic carbocycles. The van der Waals surface area contributed by atoms with Crippen LogP contribution in [0.15, 0.2) is 47.6 Å². The highest BCUT2D eigenvalue weighted by molar-refractivity contribution is 14.1. The van der Waals surface area contributed by atoms with Gasteiger partial charge in [-0.05, 0) is 59.0 Å². The van der Waals surface area contributed by atoms with Crippen LogP contribution in [0, 0.1) is 9.39 Å². The number of ether oxygens (including phenoxy) is 1. The number of nitrogens with one attached hydrogen (secondary N) is 1. The molecular weight excluding hydrogens is 531 g/mol. The van der Waals surface area contributed by atoms with Gasteiger partial charge < -0.3 is 20.1 Å². The number of aromatic nitrogens is 2. The zero-order valence-electron chi connectivity index (χ0n) is 16.9. The second-order valence-electron chi connectivity index (χ2n) is 7.80. The molecule has 0 aliphatic carbocycles. The lowest BCUT2D eigenvalue weighted by atomic mass is 10.0. The van der Waals surface area contributed by atoms with Crippen molar-refractivity contribution in [1.29, 1.82) is 0 Å². The minimum absolute atomic E-state index is 0.130. The van der Waals surface area contributed by atoms with Gasteiger partial charge in [0.25, 0.3) is 6.02 Å². The molecule has 10 heteroatoms. The van der Waals surface area contributed by atoms with Gasteiger partial charge >= 0.3 is 0 Å². The third kappa shape index (κ3) is 4.20. The summed E-state index contributed by atoms with van der Waals surface area (Å²) in [6.07, 6.45) is 0.128.